The number of hydrogen-bond donors (Lipinski definition) is 2. The predicted molar refractivity (Wildman–Crippen MR) is 87.7 cm³/mol. The van der Waals surface area contributed by atoms with Crippen molar-refractivity contribution < 1.29 is 19.1 Å². The predicted octanol–water partition coefficient (Wildman–Crippen LogP) is 2.97. The molecule has 2 aromatic rings. The number of amides is 1. The molecule has 1 aliphatic rings. The molecule has 2 aromatic carbocycles. The Balaban J connectivity index is 1.70. The van der Waals surface area contributed by atoms with E-state index in [1.54, 1.807) is 0 Å². The van der Waals surface area contributed by atoms with Crippen molar-refractivity contribution >= 4 is 18.0 Å². The maximum absolute atomic E-state index is 12.8. The molecular weight excluding hydrogens is 309 g/mol. The van der Waals surface area contributed by atoms with E-state index >= 15 is 0 Å². The monoisotopic (exact) mass is 325 g/mol. The maximum Gasteiger partial charge on any atom is 0.330 e. The molecule has 0 aliphatic heterocycles. The van der Waals surface area contributed by atoms with Gasteiger partial charge in [-0.2, -0.15) is 0 Å². The Morgan fingerprint density at radius 3 is 2.42 bits per heavy atom. The molecule has 1 fully saturated rings. The zero-order valence-electron chi connectivity index (χ0n) is 12.8. The Morgan fingerprint density at radius 1 is 1.12 bits per heavy atom. The molecule has 1 amide bonds. The molecule has 3 rings (SSSR count). The first kappa shape index (κ1) is 15.9. The number of hydrogen-bond acceptors (Lipinski definition) is 2. The van der Waals surface area contributed by atoms with Crippen LogP contribution in [-0.2, 0) is 9.59 Å². The first-order valence-corrected chi connectivity index (χ1v) is 7.55. The molecule has 0 heterocycles. The van der Waals surface area contributed by atoms with Gasteiger partial charge >= 0.3 is 5.97 Å². The molecular formula is C19H16FNO3. The van der Waals surface area contributed by atoms with Gasteiger partial charge in [-0.15, -0.1) is 0 Å². The highest BCUT2D eigenvalue weighted by molar-refractivity contribution is 5.98. The third kappa shape index (κ3) is 3.20. The lowest BCUT2D eigenvalue weighted by molar-refractivity contribution is -0.142. The Kier molecular flexibility index (Phi) is 4.16. The normalized spacial score (nSPS) is 22.3. The highest BCUT2D eigenvalue weighted by Crippen LogP contribution is 2.51. The molecule has 4 nitrogen and oxygen atoms in total. The van der Waals surface area contributed by atoms with Crippen LogP contribution in [0.25, 0.3) is 6.08 Å². The van der Waals surface area contributed by atoms with Gasteiger partial charge in [0.15, 0.2) is 0 Å². The van der Waals surface area contributed by atoms with Gasteiger partial charge in [-0.3, -0.25) is 4.79 Å². The summed E-state index contributed by atoms with van der Waals surface area (Å²) in [4.78, 5) is 23.7. The summed E-state index contributed by atoms with van der Waals surface area (Å²) in [5.74, 6) is -2.12. The zero-order chi connectivity index (χ0) is 17.2. The molecule has 2 atom stereocenters. The topological polar surface area (TPSA) is 66.4 Å². The number of halogens is 1. The molecule has 5 heteroatoms. The van der Waals surface area contributed by atoms with E-state index in [-0.39, 0.29) is 11.7 Å². The van der Waals surface area contributed by atoms with Crippen LogP contribution < -0.4 is 5.32 Å². The Hall–Kier alpha value is -2.95. The summed E-state index contributed by atoms with van der Waals surface area (Å²) in [7, 11) is 0. The summed E-state index contributed by atoms with van der Waals surface area (Å²) in [5.41, 5.74) is 0.292. The smallest absolute Gasteiger partial charge is 0.330 e. The Labute approximate surface area is 138 Å². The lowest BCUT2D eigenvalue weighted by Crippen LogP contribution is -2.43. The number of nitrogens with one attached hydrogen (secondary N) is 1. The van der Waals surface area contributed by atoms with Gasteiger partial charge in [-0.1, -0.05) is 42.5 Å². The lowest BCUT2D eigenvalue weighted by atomic mass is 10.1. The van der Waals surface area contributed by atoms with Crippen LogP contribution in [0.5, 0.6) is 0 Å². The SMILES string of the molecule is O=C(/C=C/c1ccc(F)cc1)NC1(C(=O)O)CC1c1ccccc1. The van der Waals surface area contributed by atoms with Crippen molar-refractivity contribution in [3.05, 3.63) is 77.6 Å². The van der Waals surface area contributed by atoms with Crippen molar-refractivity contribution in [3.63, 3.8) is 0 Å². The third-order valence-electron chi connectivity index (χ3n) is 4.19. The second-order valence-corrected chi connectivity index (χ2v) is 5.82. The molecule has 0 aromatic heterocycles. The molecule has 1 saturated carbocycles. The van der Waals surface area contributed by atoms with Gasteiger partial charge < -0.3 is 10.4 Å². The van der Waals surface area contributed by atoms with Crippen molar-refractivity contribution in [2.75, 3.05) is 0 Å². The number of carbonyl (C=O) groups is 2. The van der Waals surface area contributed by atoms with E-state index in [4.69, 9.17) is 0 Å². The average molecular weight is 325 g/mol. The van der Waals surface area contributed by atoms with Crippen LogP contribution in [0, 0.1) is 5.82 Å². The lowest BCUT2D eigenvalue weighted by Gasteiger charge is -2.13. The van der Waals surface area contributed by atoms with Crippen molar-refractivity contribution in [1.29, 1.82) is 0 Å². The maximum atomic E-state index is 12.8. The number of aliphatic carboxylic acids is 1. The van der Waals surface area contributed by atoms with Gasteiger partial charge in [0, 0.05) is 12.0 Å². The molecule has 2 unspecified atom stereocenters. The molecule has 0 bridgehead atoms. The number of carboxylic acid groups (broad SMARTS) is 1. The summed E-state index contributed by atoms with van der Waals surface area (Å²) < 4.78 is 12.8. The summed E-state index contributed by atoms with van der Waals surface area (Å²) >= 11 is 0. The highest BCUT2D eigenvalue weighted by Gasteiger charge is 2.62. The summed E-state index contributed by atoms with van der Waals surface area (Å²) in [6, 6.07) is 14.9. The molecule has 24 heavy (non-hydrogen) atoms. The van der Waals surface area contributed by atoms with Crippen molar-refractivity contribution in [2.24, 2.45) is 0 Å². The fourth-order valence-electron chi connectivity index (χ4n) is 2.79. The van der Waals surface area contributed by atoms with Crippen molar-refractivity contribution in [3.8, 4) is 0 Å². The largest absolute Gasteiger partial charge is 0.479 e. The number of carbonyl (C=O) groups excluding carboxylic acids is 1. The van der Waals surface area contributed by atoms with Crippen LogP contribution in [0.1, 0.15) is 23.5 Å². The van der Waals surface area contributed by atoms with E-state index in [1.807, 2.05) is 30.3 Å². The first-order chi connectivity index (χ1) is 11.5. The van der Waals surface area contributed by atoms with Crippen LogP contribution in [0.3, 0.4) is 0 Å². The van der Waals surface area contributed by atoms with Gasteiger partial charge in [0.05, 0.1) is 0 Å². The molecule has 122 valence electrons. The van der Waals surface area contributed by atoms with Crippen LogP contribution in [0.15, 0.2) is 60.7 Å². The minimum atomic E-state index is -1.26. The molecule has 0 spiro atoms. The minimum absolute atomic E-state index is 0.237. The quantitative estimate of drug-likeness (QED) is 0.831. The molecule has 0 saturated heterocycles. The number of carboxylic acids is 1. The van der Waals surface area contributed by atoms with E-state index in [0.29, 0.717) is 12.0 Å². The van der Waals surface area contributed by atoms with Gasteiger partial charge in [0.1, 0.15) is 11.4 Å². The standard InChI is InChI=1S/C19H16FNO3/c20-15-9-6-13(7-10-15)8-11-17(22)21-19(18(23)24)12-16(19)14-4-2-1-3-5-14/h1-11,16H,12H2,(H,21,22)(H,23,24)/b11-8+. The van der Waals surface area contributed by atoms with Crippen molar-refractivity contribution in [2.45, 2.75) is 17.9 Å². The average Bonchev–Trinajstić information content (AvgIpc) is 3.31. The van der Waals surface area contributed by atoms with E-state index in [1.165, 1.54) is 36.4 Å². The third-order valence-corrected chi connectivity index (χ3v) is 4.19. The molecule has 0 radical (unpaired) electrons. The van der Waals surface area contributed by atoms with Crippen molar-refractivity contribution in [1.82, 2.24) is 5.32 Å². The fourth-order valence-corrected chi connectivity index (χ4v) is 2.79. The number of rotatable bonds is 5. The van der Waals surface area contributed by atoms with E-state index < -0.39 is 17.4 Å². The van der Waals surface area contributed by atoms with Crippen LogP contribution >= 0.6 is 0 Å². The van der Waals surface area contributed by atoms with Gasteiger partial charge in [-0.05, 0) is 35.8 Å². The van der Waals surface area contributed by atoms with E-state index in [9.17, 15) is 19.1 Å². The fraction of sp³-hybridized carbons (Fsp3) is 0.158. The second kappa shape index (κ2) is 6.28. The summed E-state index contributed by atoms with van der Waals surface area (Å²) in [5, 5.41) is 12.1. The van der Waals surface area contributed by atoms with Crippen LogP contribution in [-0.4, -0.2) is 22.5 Å². The Morgan fingerprint density at radius 2 is 1.79 bits per heavy atom. The molecule has 1 aliphatic carbocycles. The van der Waals surface area contributed by atoms with Crippen LogP contribution in [0.4, 0.5) is 4.39 Å². The van der Waals surface area contributed by atoms with Crippen LogP contribution in [0.2, 0.25) is 0 Å². The summed E-state index contributed by atoms with van der Waals surface area (Å²) in [6.07, 6.45) is 3.14. The van der Waals surface area contributed by atoms with Gasteiger partial charge in [0.25, 0.3) is 0 Å². The zero-order valence-corrected chi connectivity index (χ0v) is 12.8. The van der Waals surface area contributed by atoms with E-state index in [2.05, 4.69) is 5.32 Å². The highest BCUT2D eigenvalue weighted by atomic mass is 19.1. The number of benzene rings is 2. The molecule has 2 N–H and O–H groups in total. The van der Waals surface area contributed by atoms with Gasteiger partial charge in [-0.25, -0.2) is 9.18 Å². The summed E-state index contributed by atoms with van der Waals surface area (Å²) in [6.45, 7) is 0. The second-order valence-electron chi connectivity index (χ2n) is 5.82. The van der Waals surface area contributed by atoms with E-state index in [0.717, 1.165) is 5.56 Å². The Bertz CT molecular complexity index is 786. The van der Waals surface area contributed by atoms with Gasteiger partial charge in [0.2, 0.25) is 5.91 Å². The first-order valence-electron chi connectivity index (χ1n) is 7.55. The minimum Gasteiger partial charge on any atom is -0.479 e.